The van der Waals surface area contributed by atoms with Gasteiger partial charge in [-0.15, -0.1) is 0 Å². The van der Waals surface area contributed by atoms with Crippen LogP contribution in [0.2, 0.25) is 5.02 Å². The Morgan fingerprint density at radius 1 is 1.42 bits per heavy atom. The van der Waals surface area contributed by atoms with Gasteiger partial charge in [-0.3, -0.25) is 9.48 Å². The van der Waals surface area contributed by atoms with Crippen LogP contribution in [0.5, 0.6) is 0 Å². The van der Waals surface area contributed by atoms with E-state index in [0.717, 1.165) is 5.69 Å². The topological polar surface area (TPSA) is 59.0 Å². The van der Waals surface area contributed by atoms with Gasteiger partial charge in [-0.25, -0.2) is 0 Å². The number of carbonyl (C=O) groups excluding carboxylic acids is 1. The van der Waals surface area contributed by atoms with Crippen LogP contribution in [0, 0.1) is 0 Å². The molecule has 6 heteroatoms. The Balaban J connectivity index is 1.77. The molecule has 0 saturated heterocycles. The van der Waals surface area contributed by atoms with Gasteiger partial charge in [-0.2, -0.15) is 5.10 Å². The van der Waals surface area contributed by atoms with E-state index in [1.807, 2.05) is 13.1 Å². The maximum atomic E-state index is 11.7. The molecule has 0 saturated carbocycles. The van der Waals surface area contributed by atoms with Crippen molar-refractivity contribution in [2.24, 2.45) is 7.05 Å². The molecule has 0 aliphatic rings. The number of rotatable bonds is 5. The fourth-order valence-corrected chi connectivity index (χ4v) is 1.84. The zero-order valence-electron chi connectivity index (χ0n) is 10.6. The number of hydrogen-bond donors (Lipinski definition) is 2. The first-order chi connectivity index (χ1) is 9.15. The minimum Gasteiger partial charge on any atom is -0.325 e. The van der Waals surface area contributed by atoms with Gasteiger partial charge in [0.25, 0.3) is 0 Å². The number of amides is 1. The average molecular weight is 279 g/mol. The van der Waals surface area contributed by atoms with Gasteiger partial charge in [-0.1, -0.05) is 17.7 Å². The highest BCUT2D eigenvalue weighted by Crippen LogP contribution is 2.14. The van der Waals surface area contributed by atoms with Crippen LogP contribution in [0.25, 0.3) is 0 Å². The lowest BCUT2D eigenvalue weighted by atomic mass is 10.3. The number of benzene rings is 1. The van der Waals surface area contributed by atoms with Gasteiger partial charge in [0.2, 0.25) is 5.91 Å². The molecular formula is C13H15ClN4O. The Kier molecular flexibility index (Phi) is 4.54. The van der Waals surface area contributed by atoms with E-state index in [1.165, 1.54) is 0 Å². The minimum absolute atomic E-state index is 0.107. The number of aryl methyl sites for hydroxylation is 1. The van der Waals surface area contributed by atoms with Gasteiger partial charge >= 0.3 is 0 Å². The Labute approximate surface area is 116 Å². The third-order valence-electron chi connectivity index (χ3n) is 2.62. The molecule has 0 spiro atoms. The van der Waals surface area contributed by atoms with E-state index in [9.17, 15) is 4.79 Å². The van der Waals surface area contributed by atoms with Crippen LogP contribution in [0.15, 0.2) is 36.5 Å². The summed E-state index contributed by atoms with van der Waals surface area (Å²) in [6.07, 6.45) is 1.73. The summed E-state index contributed by atoms with van der Waals surface area (Å²) in [5.41, 5.74) is 1.72. The first-order valence-corrected chi connectivity index (χ1v) is 6.26. The van der Waals surface area contributed by atoms with Gasteiger partial charge < -0.3 is 10.6 Å². The van der Waals surface area contributed by atoms with Crippen LogP contribution in [0.4, 0.5) is 5.69 Å². The number of halogens is 1. The van der Waals surface area contributed by atoms with Gasteiger partial charge in [0.1, 0.15) is 0 Å². The van der Waals surface area contributed by atoms with Crippen LogP contribution in [-0.4, -0.2) is 22.2 Å². The summed E-state index contributed by atoms with van der Waals surface area (Å²) in [6.45, 7) is 0.831. The molecule has 0 aliphatic carbocycles. The fourth-order valence-electron chi connectivity index (χ4n) is 1.65. The van der Waals surface area contributed by atoms with Crippen LogP contribution in [0.1, 0.15) is 5.69 Å². The van der Waals surface area contributed by atoms with Gasteiger partial charge in [-0.05, 0) is 24.3 Å². The molecule has 5 nitrogen and oxygen atoms in total. The molecule has 0 aliphatic heterocycles. The lowest BCUT2D eigenvalue weighted by Crippen LogP contribution is -2.28. The van der Waals surface area contributed by atoms with Crippen molar-refractivity contribution in [1.82, 2.24) is 15.1 Å². The highest BCUT2D eigenvalue weighted by molar-refractivity contribution is 6.30. The first-order valence-electron chi connectivity index (χ1n) is 5.88. The normalized spacial score (nSPS) is 10.4. The monoisotopic (exact) mass is 278 g/mol. The number of carbonyl (C=O) groups is 1. The molecule has 100 valence electrons. The molecule has 0 radical (unpaired) electrons. The van der Waals surface area contributed by atoms with Crippen molar-refractivity contribution in [3.63, 3.8) is 0 Å². The first kappa shape index (κ1) is 13.6. The summed E-state index contributed by atoms with van der Waals surface area (Å²) < 4.78 is 1.77. The van der Waals surface area contributed by atoms with Crippen LogP contribution in [0.3, 0.4) is 0 Å². The number of nitrogens with one attached hydrogen (secondary N) is 2. The quantitative estimate of drug-likeness (QED) is 0.877. The van der Waals surface area contributed by atoms with E-state index < -0.39 is 0 Å². The van der Waals surface area contributed by atoms with Crippen molar-refractivity contribution in [1.29, 1.82) is 0 Å². The molecule has 1 aromatic heterocycles. The fraction of sp³-hybridized carbons (Fsp3) is 0.231. The second-order valence-corrected chi connectivity index (χ2v) is 4.54. The summed E-state index contributed by atoms with van der Waals surface area (Å²) in [4.78, 5) is 11.7. The van der Waals surface area contributed by atoms with Crippen LogP contribution in [-0.2, 0) is 18.4 Å². The zero-order valence-corrected chi connectivity index (χ0v) is 11.3. The summed E-state index contributed by atoms with van der Waals surface area (Å²) in [5.74, 6) is -0.107. The molecule has 1 aromatic carbocycles. The average Bonchev–Trinajstić information content (AvgIpc) is 2.75. The smallest absolute Gasteiger partial charge is 0.238 e. The van der Waals surface area contributed by atoms with E-state index in [-0.39, 0.29) is 12.5 Å². The molecule has 1 amide bonds. The summed E-state index contributed by atoms with van der Waals surface area (Å²) >= 11 is 5.84. The zero-order chi connectivity index (χ0) is 13.7. The maximum Gasteiger partial charge on any atom is 0.238 e. The van der Waals surface area contributed by atoms with Gasteiger partial charge in [0, 0.05) is 30.5 Å². The third kappa shape index (κ3) is 4.08. The van der Waals surface area contributed by atoms with Crippen molar-refractivity contribution < 1.29 is 4.79 Å². The summed E-state index contributed by atoms with van der Waals surface area (Å²) in [6, 6.07) is 8.96. The second-order valence-electron chi connectivity index (χ2n) is 4.11. The Bertz CT molecular complexity index is 567. The van der Waals surface area contributed by atoms with E-state index in [1.54, 1.807) is 35.1 Å². The summed E-state index contributed by atoms with van der Waals surface area (Å²) in [5, 5.41) is 10.5. The molecule has 2 rings (SSSR count). The predicted molar refractivity (Wildman–Crippen MR) is 75.0 cm³/mol. The Morgan fingerprint density at radius 2 is 2.26 bits per heavy atom. The molecular weight excluding hydrogens is 264 g/mol. The number of anilines is 1. The third-order valence-corrected chi connectivity index (χ3v) is 2.86. The van der Waals surface area contributed by atoms with E-state index in [2.05, 4.69) is 15.7 Å². The Morgan fingerprint density at radius 3 is 2.95 bits per heavy atom. The lowest BCUT2D eigenvalue weighted by molar-refractivity contribution is -0.115. The van der Waals surface area contributed by atoms with Gasteiger partial charge in [0.05, 0.1) is 12.2 Å². The highest BCUT2D eigenvalue weighted by Gasteiger charge is 2.03. The van der Waals surface area contributed by atoms with E-state index >= 15 is 0 Å². The SMILES string of the molecule is Cn1nccc1CNCC(=O)Nc1cccc(Cl)c1. The molecule has 0 unspecified atom stereocenters. The van der Waals surface area contributed by atoms with Crippen molar-refractivity contribution in [3.05, 3.63) is 47.2 Å². The number of aromatic nitrogens is 2. The van der Waals surface area contributed by atoms with Crippen molar-refractivity contribution >= 4 is 23.2 Å². The minimum atomic E-state index is -0.107. The highest BCUT2D eigenvalue weighted by atomic mass is 35.5. The molecule has 0 fully saturated rings. The lowest BCUT2D eigenvalue weighted by Gasteiger charge is -2.07. The molecule has 1 heterocycles. The van der Waals surface area contributed by atoms with Crippen molar-refractivity contribution in [2.75, 3.05) is 11.9 Å². The standard InChI is InChI=1S/C13H15ClN4O/c1-18-12(5-6-16-18)8-15-9-13(19)17-11-4-2-3-10(14)7-11/h2-7,15H,8-9H2,1H3,(H,17,19). The van der Waals surface area contributed by atoms with E-state index in [0.29, 0.717) is 17.3 Å². The predicted octanol–water partition coefficient (Wildman–Crippen LogP) is 1.80. The van der Waals surface area contributed by atoms with Crippen molar-refractivity contribution in [2.45, 2.75) is 6.54 Å². The molecule has 2 N–H and O–H groups in total. The maximum absolute atomic E-state index is 11.7. The van der Waals surface area contributed by atoms with Gasteiger partial charge in [0.15, 0.2) is 0 Å². The second kappa shape index (κ2) is 6.36. The number of nitrogens with zero attached hydrogens (tertiary/aromatic N) is 2. The molecule has 0 atom stereocenters. The van der Waals surface area contributed by atoms with Crippen molar-refractivity contribution in [3.8, 4) is 0 Å². The molecule has 19 heavy (non-hydrogen) atoms. The van der Waals surface area contributed by atoms with E-state index in [4.69, 9.17) is 11.6 Å². The summed E-state index contributed by atoms with van der Waals surface area (Å²) in [7, 11) is 1.86. The van der Waals surface area contributed by atoms with Crippen LogP contribution < -0.4 is 10.6 Å². The number of hydrogen-bond acceptors (Lipinski definition) is 3. The molecule has 0 bridgehead atoms. The largest absolute Gasteiger partial charge is 0.325 e. The Hall–Kier alpha value is -1.85. The van der Waals surface area contributed by atoms with Crippen LogP contribution >= 0.6 is 11.6 Å². The molecule has 2 aromatic rings.